The quantitative estimate of drug-likeness (QED) is 0.570. The number of aliphatic imine (C=N–C) groups is 1. The van der Waals surface area contributed by atoms with Crippen LogP contribution in [0.15, 0.2) is 29.3 Å². The van der Waals surface area contributed by atoms with Crippen LogP contribution >= 0.6 is 0 Å². The molecule has 0 heterocycles. The molecule has 0 saturated carbocycles. The summed E-state index contributed by atoms with van der Waals surface area (Å²) in [7, 11) is 1.64. The number of ether oxygens (including phenoxy) is 2. The van der Waals surface area contributed by atoms with E-state index < -0.39 is 0 Å². The lowest BCUT2D eigenvalue weighted by Crippen LogP contribution is -2.34. The molecule has 0 radical (unpaired) electrons. The summed E-state index contributed by atoms with van der Waals surface area (Å²) in [5, 5.41) is 3.10. The number of guanidine groups is 1. The summed E-state index contributed by atoms with van der Waals surface area (Å²) in [5.41, 5.74) is 5.81. The Labute approximate surface area is 127 Å². The smallest absolute Gasteiger partial charge is 0.188 e. The van der Waals surface area contributed by atoms with Crippen molar-refractivity contribution in [2.24, 2.45) is 16.6 Å². The van der Waals surface area contributed by atoms with E-state index in [-0.39, 0.29) is 6.10 Å². The van der Waals surface area contributed by atoms with E-state index in [1.54, 1.807) is 7.11 Å². The maximum atomic E-state index is 5.81. The Morgan fingerprint density at radius 2 is 2.00 bits per heavy atom. The first kappa shape index (κ1) is 17.1. The van der Waals surface area contributed by atoms with E-state index in [4.69, 9.17) is 15.2 Å². The maximum Gasteiger partial charge on any atom is 0.188 e. The van der Waals surface area contributed by atoms with Gasteiger partial charge in [0.15, 0.2) is 5.96 Å². The van der Waals surface area contributed by atoms with Crippen molar-refractivity contribution in [1.29, 1.82) is 0 Å². The highest BCUT2D eigenvalue weighted by atomic mass is 16.5. The topological polar surface area (TPSA) is 68.9 Å². The van der Waals surface area contributed by atoms with Crippen molar-refractivity contribution >= 4 is 5.96 Å². The van der Waals surface area contributed by atoms with Crippen molar-refractivity contribution in [1.82, 2.24) is 5.32 Å². The van der Waals surface area contributed by atoms with Crippen molar-refractivity contribution in [3.05, 3.63) is 24.3 Å². The monoisotopic (exact) mass is 293 g/mol. The van der Waals surface area contributed by atoms with Crippen molar-refractivity contribution in [2.75, 3.05) is 20.2 Å². The maximum absolute atomic E-state index is 5.81. The van der Waals surface area contributed by atoms with Crippen LogP contribution in [-0.4, -0.2) is 32.3 Å². The fourth-order valence-corrected chi connectivity index (χ4v) is 1.72. The van der Waals surface area contributed by atoms with E-state index in [0.717, 1.165) is 24.5 Å². The summed E-state index contributed by atoms with van der Waals surface area (Å²) in [4.78, 5) is 4.29. The summed E-state index contributed by atoms with van der Waals surface area (Å²) in [6.45, 7) is 7.68. The Morgan fingerprint density at radius 1 is 1.29 bits per heavy atom. The predicted molar refractivity (Wildman–Crippen MR) is 87.0 cm³/mol. The lowest BCUT2D eigenvalue weighted by atomic mass is 10.1. The molecule has 0 saturated heterocycles. The zero-order valence-electron chi connectivity index (χ0n) is 13.4. The molecule has 1 unspecified atom stereocenters. The van der Waals surface area contributed by atoms with Crippen LogP contribution in [0.4, 0.5) is 0 Å². The molecule has 118 valence electrons. The van der Waals surface area contributed by atoms with Gasteiger partial charge in [-0.15, -0.1) is 0 Å². The van der Waals surface area contributed by atoms with Crippen molar-refractivity contribution in [3.63, 3.8) is 0 Å². The van der Waals surface area contributed by atoms with E-state index >= 15 is 0 Å². The van der Waals surface area contributed by atoms with Gasteiger partial charge in [0.2, 0.25) is 0 Å². The zero-order valence-corrected chi connectivity index (χ0v) is 13.4. The second-order valence-electron chi connectivity index (χ2n) is 5.44. The van der Waals surface area contributed by atoms with Gasteiger partial charge < -0.3 is 20.5 Å². The van der Waals surface area contributed by atoms with Gasteiger partial charge in [-0.3, -0.25) is 0 Å². The molecule has 0 aliphatic heterocycles. The van der Waals surface area contributed by atoms with Gasteiger partial charge in [-0.2, -0.15) is 0 Å². The minimum Gasteiger partial charge on any atom is -0.497 e. The van der Waals surface area contributed by atoms with Gasteiger partial charge in [-0.05, 0) is 31.4 Å². The van der Waals surface area contributed by atoms with Crippen molar-refractivity contribution in [2.45, 2.75) is 33.3 Å². The lowest BCUT2D eigenvalue weighted by Gasteiger charge is -2.14. The van der Waals surface area contributed by atoms with Gasteiger partial charge in [-0.25, -0.2) is 4.99 Å². The van der Waals surface area contributed by atoms with Gasteiger partial charge in [0.25, 0.3) is 0 Å². The molecule has 3 N–H and O–H groups in total. The summed E-state index contributed by atoms with van der Waals surface area (Å²) in [5.74, 6) is 2.67. The molecular formula is C16H27N3O2. The number of nitrogens with two attached hydrogens (primary N) is 1. The first-order valence-electron chi connectivity index (χ1n) is 7.35. The highest BCUT2D eigenvalue weighted by Crippen LogP contribution is 2.19. The molecule has 5 nitrogen and oxygen atoms in total. The lowest BCUT2D eigenvalue weighted by molar-refractivity contribution is 0.229. The van der Waals surface area contributed by atoms with Gasteiger partial charge in [0.1, 0.15) is 17.6 Å². The normalized spacial score (nSPS) is 13.1. The van der Waals surface area contributed by atoms with E-state index in [1.807, 2.05) is 31.2 Å². The number of hydrogen-bond acceptors (Lipinski definition) is 3. The van der Waals surface area contributed by atoms with Crippen LogP contribution in [0.3, 0.4) is 0 Å². The third kappa shape index (κ3) is 7.44. The van der Waals surface area contributed by atoms with E-state index in [9.17, 15) is 0 Å². The SMILES string of the molecule is COc1cccc(OC(C)CN=C(N)NCCC(C)C)c1. The number of nitrogens with one attached hydrogen (secondary N) is 1. The molecule has 1 aromatic carbocycles. The Balaban J connectivity index is 2.36. The molecular weight excluding hydrogens is 266 g/mol. The standard InChI is InChI=1S/C16H27N3O2/c1-12(2)8-9-18-16(17)19-11-13(3)21-15-7-5-6-14(10-15)20-4/h5-7,10,12-13H,8-9,11H2,1-4H3,(H3,17,18,19). The highest BCUT2D eigenvalue weighted by molar-refractivity contribution is 5.77. The fraction of sp³-hybridized carbons (Fsp3) is 0.562. The Hall–Kier alpha value is -1.91. The van der Waals surface area contributed by atoms with E-state index in [0.29, 0.717) is 18.4 Å². The molecule has 0 amide bonds. The largest absolute Gasteiger partial charge is 0.497 e. The van der Waals surface area contributed by atoms with Crippen LogP contribution in [0.2, 0.25) is 0 Å². The summed E-state index contributed by atoms with van der Waals surface area (Å²) in [6, 6.07) is 7.52. The summed E-state index contributed by atoms with van der Waals surface area (Å²) < 4.78 is 10.9. The molecule has 5 heteroatoms. The van der Waals surface area contributed by atoms with E-state index in [1.165, 1.54) is 0 Å². The second kappa shape index (κ2) is 9.10. The Morgan fingerprint density at radius 3 is 2.67 bits per heavy atom. The minimum atomic E-state index is -0.0532. The van der Waals surface area contributed by atoms with Crippen LogP contribution in [0.5, 0.6) is 11.5 Å². The third-order valence-corrected chi connectivity index (χ3v) is 2.93. The van der Waals surface area contributed by atoms with Crippen molar-refractivity contribution in [3.8, 4) is 11.5 Å². The van der Waals surface area contributed by atoms with Gasteiger partial charge >= 0.3 is 0 Å². The molecule has 0 spiro atoms. The number of rotatable bonds is 8. The first-order valence-corrected chi connectivity index (χ1v) is 7.35. The van der Waals surface area contributed by atoms with Crippen LogP contribution in [0, 0.1) is 5.92 Å². The molecule has 0 fully saturated rings. The molecule has 0 aromatic heterocycles. The number of methoxy groups -OCH3 is 1. The third-order valence-electron chi connectivity index (χ3n) is 2.93. The first-order chi connectivity index (χ1) is 10.0. The van der Waals surface area contributed by atoms with Crippen molar-refractivity contribution < 1.29 is 9.47 Å². The average Bonchev–Trinajstić information content (AvgIpc) is 2.45. The second-order valence-corrected chi connectivity index (χ2v) is 5.44. The highest BCUT2D eigenvalue weighted by Gasteiger charge is 2.04. The van der Waals surface area contributed by atoms with E-state index in [2.05, 4.69) is 24.2 Å². The number of nitrogens with zero attached hydrogens (tertiary/aromatic N) is 1. The predicted octanol–water partition coefficient (Wildman–Crippen LogP) is 2.41. The molecule has 0 aliphatic carbocycles. The fourth-order valence-electron chi connectivity index (χ4n) is 1.72. The van der Waals surface area contributed by atoms with Gasteiger partial charge in [-0.1, -0.05) is 19.9 Å². The Kier molecular flexibility index (Phi) is 7.43. The zero-order chi connectivity index (χ0) is 15.7. The average molecular weight is 293 g/mol. The Bertz CT molecular complexity index is 447. The minimum absolute atomic E-state index is 0.0532. The van der Waals surface area contributed by atoms with Crippen LogP contribution in [0.1, 0.15) is 27.2 Å². The van der Waals surface area contributed by atoms with Crippen LogP contribution in [-0.2, 0) is 0 Å². The molecule has 21 heavy (non-hydrogen) atoms. The van der Waals surface area contributed by atoms with Gasteiger partial charge in [0, 0.05) is 12.6 Å². The molecule has 0 bridgehead atoms. The summed E-state index contributed by atoms with van der Waals surface area (Å²) >= 11 is 0. The number of hydrogen-bond donors (Lipinski definition) is 2. The summed E-state index contributed by atoms with van der Waals surface area (Å²) in [6.07, 6.45) is 1.02. The van der Waals surface area contributed by atoms with Crippen LogP contribution < -0.4 is 20.5 Å². The van der Waals surface area contributed by atoms with Crippen LogP contribution in [0.25, 0.3) is 0 Å². The van der Waals surface area contributed by atoms with Gasteiger partial charge in [0.05, 0.1) is 13.7 Å². The molecule has 1 atom stereocenters. The molecule has 0 aliphatic rings. The molecule has 1 aromatic rings. The molecule has 1 rings (SSSR count). The number of benzene rings is 1.